The molecule has 0 saturated heterocycles. The smallest absolute Gasteiger partial charge is 0.420 e. The molecule has 9 heteroatoms. The number of aromatic amines is 1. The van der Waals surface area contributed by atoms with Crippen LogP contribution in [0.3, 0.4) is 0 Å². The lowest BCUT2D eigenvalue weighted by Gasteiger charge is -2.25. The van der Waals surface area contributed by atoms with Crippen molar-refractivity contribution in [3.63, 3.8) is 0 Å². The summed E-state index contributed by atoms with van der Waals surface area (Å²) in [6.07, 6.45) is -2.16. The summed E-state index contributed by atoms with van der Waals surface area (Å²) in [5.74, 6) is -0.659. The molecule has 3 aromatic heterocycles. The number of rotatable bonds is 5. The fourth-order valence-electron chi connectivity index (χ4n) is 3.90. The van der Waals surface area contributed by atoms with Crippen molar-refractivity contribution in [3.05, 3.63) is 76.5 Å². The normalized spacial score (nSPS) is 12.9. The van der Waals surface area contributed by atoms with E-state index in [1.807, 2.05) is 25.1 Å². The Morgan fingerprint density at radius 1 is 1.25 bits per heavy atom. The number of H-pyrrole nitrogens is 1. The lowest BCUT2D eigenvalue weighted by molar-refractivity contribution is -0.217. The number of methoxy groups -OCH3 is 1. The van der Waals surface area contributed by atoms with Crippen LogP contribution in [0.15, 0.2) is 59.8 Å². The molecule has 32 heavy (non-hydrogen) atoms. The van der Waals surface area contributed by atoms with Gasteiger partial charge in [0.1, 0.15) is 5.65 Å². The molecule has 0 bridgehead atoms. The van der Waals surface area contributed by atoms with E-state index in [1.54, 1.807) is 24.5 Å². The molecule has 166 valence electrons. The molecule has 1 unspecified atom stereocenters. The summed E-state index contributed by atoms with van der Waals surface area (Å²) in [6.45, 7) is 1.88. The number of hydrogen-bond acceptors (Lipinski definition) is 4. The van der Waals surface area contributed by atoms with Gasteiger partial charge in [-0.25, -0.2) is 4.98 Å². The molecule has 4 rings (SSSR count). The van der Waals surface area contributed by atoms with Gasteiger partial charge < -0.3 is 19.4 Å². The average molecular weight is 443 g/mol. The van der Waals surface area contributed by atoms with Crippen LogP contribution < -0.4 is 5.43 Å². The van der Waals surface area contributed by atoms with Gasteiger partial charge in [0.15, 0.2) is 11.9 Å². The highest BCUT2D eigenvalue weighted by atomic mass is 19.4. The molecule has 0 fully saturated rings. The van der Waals surface area contributed by atoms with Crippen LogP contribution >= 0.6 is 0 Å². The molecular formula is C23H20F3N3O3. The van der Waals surface area contributed by atoms with Gasteiger partial charge in [-0.1, -0.05) is 19.1 Å². The fourth-order valence-corrected chi connectivity index (χ4v) is 3.90. The number of nitrogens with one attached hydrogen (secondary N) is 1. The Kier molecular flexibility index (Phi) is 5.52. The molecule has 0 amide bonds. The largest absolute Gasteiger partial charge is 0.503 e. The molecular weight excluding hydrogens is 423 g/mol. The Morgan fingerprint density at radius 2 is 2.03 bits per heavy atom. The van der Waals surface area contributed by atoms with Crippen molar-refractivity contribution in [2.75, 3.05) is 7.11 Å². The number of ether oxygens (including phenoxy) is 1. The summed E-state index contributed by atoms with van der Waals surface area (Å²) in [5.41, 5.74) is 2.09. The van der Waals surface area contributed by atoms with Crippen molar-refractivity contribution < 1.29 is 23.0 Å². The summed E-state index contributed by atoms with van der Waals surface area (Å²) in [6, 6.07) is 9.79. The third-order valence-electron chi connectivity index (χ3n) is 5.34. The Hall–Kier alpha value is -3.59. The van der Waals surface area contributed by atoms with Crippen LogP contribution in [0.4, 0.5) is 13.2 Å². The third kappa shape index (κ3) is 3.75. The molecule has 1 atom stereocenters. The number of halogens is 3. The lowest BCUT2D eigenvalue weighted by Crippen LogP contribution is -2.27. The average Bonchev–Trinajstić information content (AvgIpc) is 3.23. The maximum absolute atomic E-state index is 13.7. The first-order valence-electron chi connectivity index (χ1n) is 9.85. The molecule has 3 heterocycles. The molecule has 1 aromatic carbocycles. The van der Waals surface area contributed by atoms with E-state index < -0.39 is 29.2 Å². The zero-order valence-corrected chi connectivity index (χ0v) is 17.3. The van der Waals surface area contributed by atoms with E-state index >= 15 is 0 Å². The Balaban J connectivity index is 1.97. The van der Waals surface area contributed by atoms with Crippen molar-refractivity contribution in [1.82, 2.24) is 14.5 Å². The lowest BCUT2D eigenvalue weighted by atomic mass is 9.96. The van der Waals surface area contributed by atoms with Crippen LogP contribution in [-0.2, 0) is 11.2 Å². The predicted molar refractivity (Wildman–Crippen MR) is 114 cm³/mol. The second-order valence-electron chi connectivity index (χ2n) is 7.27. The minimum atomic E-state index is -4.76. The number of pyridine rings is 2. The van der Waals surface area contributed by atoms with Gasteiger partial charge in [0, 0.05) is 42.2 Å². The highest BCUT2D eigenvalue weighted by molar-refractivity contribution is 5.83. The number of aromatic nitrogens is 3. The molecule has 0 saturated carbocycles. The molecule has 4 aromatic rings. The summed E-state index contributed by atoms with van der Waals surface area (Å²) in [7, 11) is 0.925. The molecule has 0 aliphatic heterocycles. The number of nitrogens with zero attached hydrogens (tertiary/aromatic N) is 2. The standard InChI is InChI=1S/C23H20F3N3O3/c1-3-15-16(14-9-13-7-8-27-22(13)28-11-14)5-4-6-17(15)29-12-20(31)19(30)10-18(29)21(32-2)23(24,25)26/h4-12,21,31H,3H2,1-2H3,(H,27,28). The Bertz CT molecular complexity index is 1340. The summed E-state index contributed by atoms with van der Waals surface area (Å²) < 4.78 is 46.9. The number of aromatic hydroxyl groups is 1. The third-order valence-corrected chi connectivity index (χ3v) is 5.34. The predicted octanol–water partition coefficient (Wildman–Crippen LogP) is 4.90. The van der Waals surface area contributed by atoms with Gasteiger partial charge in [-0.3, -0.25) is 4.79 Å². The summed E-state index contributed by atoms with van der Waals surface area (Å²) in [5, 5.41) is 10.9. The number of alkyl halides is 3. The number of benzene rings is 1. The highest BCUT2D eigenvalue weighted by Crippen LogP contribution is 2.38. The van der Waals surface area contributed by atoms with E-state index in [2.05, 4.69) is 9.97 Å². The van der Waals surface area contributed by atoms with Crippen LogP contribution in [0.1, 0.15) is 24.3 Å². The molecule has 0 spiro atoms. The van der Waals surface area contributed by atoms with E-state index in [0.717, 1.165) is 47.1 Å². The zero-order valence-electron chi connectivity index (χ0n) is 17.3. The van der Waals surface area contributed by atoms with Gasteiger partial charge in [0.2, 0.25) is 5.43 Å². The minimum Gasteiger partial charge on any atom is -0.503 e. The van der Waals surface area contributed by atoms with Crippen molar-refractivity contribution in [2.24, 2.45) is 0 Å². The van der Waals surface area contributed by atoms with Gasteiger partial charge in [-0.2, -0.15) is 13.2 Å². The quantitative estimate of drug-likeness (QED) is 0.460. The monoisotopic (exact) mass is 443 g/mol. The summed E-state index contributed by atoms with van der Waals surface area (Å²) in [4.78, 5) is 19.4. The van der Waals surface area contributed by atoms with Crippen LogP contribution in [0.25, 0.3) is 27.8 Å². The first kappa shape index (κ1) is 21.6. The first-order chi connectivity index (χ1) is 15.2. The van der Waals surface area contributed by atoms with Crippen LogP contribution in [-0.4, -0.2) is 32.9 Å². The maximum atomic E-state index is 13.7. The van der Waals surface area contributed by atoms with Crippen molar-refractivity contribution in [2.45, 2.75) is 25.6 Å². The van der Waals surface area contributed by atoms with Gasteiger partial charge in [0.05, 0.1) is 11.9 Å². The summed E-state index contributed by atoms with van der Waals surface area (Å²) >= 11 is 0. The van der Waals surface area contributed by atoms with E-state index in [0.29, 0.717) is 12.1 Å². The maximum Gasteiger partial charge on any atom is 0.420 e. The van der Waals surface area contributed by atoms with Crippen LogP contribution in [0.5, 0.6) is 5.75 Å². The molecule has 0 aliphatic carbocycles. The van der Waals surface area contributed by atoms with E-state index in [1.165, 1.54) is 4.57 Å². The van der Waals surface area contributed by atoms with Gasteiger partial charge >= 0.3 is 6.18 Å². The van der Waals surface area contributed by atoms with E-state index in [9.17, 15) is 23.1 Å². The Morgan fingerprint density at radius 3 is 2.72 bits per heavy atom. The van der Waals surface area contributed by atoms with Gasteiger partial charge in [-0.15, -0.1) is 0 Å². The second-order valence-corrected chi connectivity index (χ2v) is 7.27. The highest BCUT2D eigenvalue weighted by Gasteiger charge is 2.43. The minimum absolute atomic E-state index is 0.399. The van der Waals surface area contributed by atoms with E-state index in [4.69, 9.17) is 4.74 Å². The van der Waals surface area contributed by atoms with Crippen molar-refractivity contribution in [1.29, 1.82) is 0 Å². The van der Waals surface area contributed by atoms with E-state index in [-0.39, 0.29) is 0 Å². The topological polar surface area (TPSA) is 80.1 Å². The first-order valence-corrected chi connectivity index (χ1v) is 9.85. The van der Waals surface area contributed by atoms with Crippen molar-refractivity contribution >= 4 is 11.0 Å². The van der Waals surface area contributed by atoms with Gasteiger partial charge in [-0.05, 0) is 35.7 Å². The fraction of sp³-hybridized carbons (Fsp3) is 0.217. The SMILES string of the molecule is CCc1c(-c2cnc3[nH]ccc3c2)cccc1-n1cc(O)c(=O)cc1C(OC)C(F)(F)F. The van der Waals surface area contributed by atoms with Gasteiger partial charge in [0.25, 0.3) is 0 Å². The molecule has 2 N–H and O–H groups in total. The number of fused-ring (bicyclic) bond motifs is 1. The molecule has 0 aliphatic rings. The Labute approximate surface area is 180 Å². The molecule has 0 radical (unpaired) electrons. The van der Waals surface area contributed by atoms with Crippen LogP contribution in [0, 0.1) is 0 Å². The number of hydrogen-bond donors (Lipinski definition) is 2. The second kappa shape index (κ2) is 8.16. The van der Waals surface area contributed by atoms with Crippen molar-refractivity contribution in [3.8, 4) is 22.6 Å². The zero-order chi connectivity index (χ0) is 23.0. The molecule has 6 nitrogen and oxygen atoms in total. The van der Waals surface area contributed by atoms with Crippen LogP contribution in [0.2, 0.25) is 0 Å².